The molecule has 9 heteroatoms. The van der Waals surface area contributed by atoms with Crippen LogP contribution < -0.4 is 5.32 Å². The molecule has 0 aliphatic heterocycles. The van der Waals surface area contributed by atoms with Crippen molar-refractivity contribution in [3.05, 3.63) is 52.2 Å². The van der Waals surface area contributed by atoms with Crippen LogP contribution in [0.5, 0.6) is 0 Å². The molecule has 0 aliphatic rings. The second kappa shape index (κ2) is 8.47. The molecule has 3 rings (SSSR count). The summed E-state index contributed by atoms with van der Waals surface area (Å²) in [4.78, 5) is 12.7. The molecule has 0 spiro atoms. The van der Waals surface area contributed by atoms with Crippen molar-refractivity contribution < 1.29 is 4.79 Å². The zero-order valence-electron chi connectivity index (χ0n) is 14.4. The van der Waals surface area contributed by atoms with Gasteiger partial charge in [0, 0.05) is 16.8 Å². The predicted molar refractivity (Wildman–Crippen MR) is 111 cm³/mol. The lowest BCUT2D eigenvalue weighted by Gasteiger charge is -2.05. The summed E-state index contributed by atoms with van der Waals surface area (Å²) in [6, 6.07) is 9.51. The lowest BCUT2D eigenvalue weighted by molar-refractivity contribution is 0.102. The number of rotatable bonds is 6. The fourth-order valence-corrected chi connectivity index (χ4v) is 4.81. The molecule has 2 aromatic heterocycles. The molecule has 1 N–H and O–H groups in total. The molecule has 136 valence electrons. The highest BCUT2D eigenvalue weighted by molar-refractivity contribution is 8.01. The maximum atomic E-state index is 12.7. The Bertz CT molecular complexity index is 899. The Morgan fingerprint density at radius 3 is 2.65 bits per heavy atom. The number of carbonyl (C=O) groups excluding carboxylic acids is 1. The third-order valence-electron chi connectivity index (χ3n) is 3.70. The van der Waals surface area contributed by atoms with Gasteiger partial charge in [0.05, 0.1) is 16.3 Å². The van der Waals surface area contributed by atoms with Crippen molar-refractivity contribution in [2.75, 3.05) is 17.8 Å². The normalized spacial score (nSPS) is 10.9. The van der Waals surface area contributed by atoms with Gasteiger partial charge in [-0.1, -0.05) is 23.7 Å². The van der Waals surface area contributed by atoms with E-state index in [1.165, 1.54) is 35.1 Å². The minimum atomic E-state index is -0.177. The standard InChI is InChI=1S/C17H17ClN4OS3/c1-10-8-13(20-22(10)9-11-4-6-12(18)7-5-11)19-15(23)14-16(24-2)21-26-17(14)25-3/h4-8H,9H2,1-3H3,(H,19,20,23). The van der Waals surface area contributed by atoms with Crippen molar-refractivity contribution in [3.63, 3.8) is 0 Å². The zero-order valence-corrected chi connectivity index (χ0v) is 17.7. The van der Waals surface area contributed by atoms with E-state index >= 15 is 0 Å². The minimum absolute atomic E-state index is 0.177. The highest BCUT2D eigenvalue weighted by atomic mass is 35.5. The van der Waals surface area contributed by atoms with Crippen LogP contribution in [0.4, 0.5) is 5.82 Å². The Balaban J connectivity index is 1.78. The van der Waals surface area contributed by atoms with Crippen molar-refractivity contribution in [1.29, 1.82) is 0 Å². The van der Waals surface area contributed by atoms with E-state index in [1.807, 2.05) is 54.4 Å². The molecule has 0 radical (unpaired) electrons. The van der Waals surface area contributed by atoms with E-state index in [1.54, 1.807) is 0 Å². The molecule has 0 aliphatic carbocycles. The molecule has 1 amide bonds. The van der Waals surface area contributed by atoms with Crippen LogP contribution in [0.2, 0.25) is 5.02 Å². The Hall–Kier alpha value is -1.48. The van der Waals surface area contributed by atoms with Gasteiger partial charge in [0.2, 0.25) is 0 Å². The van der Waals surface area contributed by atoms with Crippen LogP contribution in [0.3, 0.4) is 0 Å². The molecular weight excluding hydrogens is 408 g/mol. The first kappa shape index (κ1) is 19.3. The van der Waals surface area contributed by atoms with Gasteiger partial charge in [-0.05, 0) is 48.7 Å². The van der Waals surface area contributed by atoms with Crippen LogP contribution in [0.15, 0.2) is 39.6 Å². The van der Waals surface area contributed by atoms with Gasteiger partial charge in [0.1, 0.15) is 5.03 Å². The predicted octanol–water partition coefficient (Wildman–Crippen LogP) is 5.05. The number of nitrogens with one attached hydrogen (secondary N) is 1. The average molecular weight is 425 g/mol. The van der Waals surface area contributed by atoms with E-state index in [4.69, 9.17) is 11.6 Å². The van der Waals surface area contributed by atoms with Crippen molar-refractivity contribution in [3.8, 4) is 0 Å². The van der Waals surface area contributed by atoms with E-state index < -0.39 is 0 Å². The van der Waals surface area contributed by atoms with Crippen molar-refractivity contribution >= 4 is 58.4 Å². The lowest BCUT2D eigenvalue weighted by Crippen LogP contribution is -2.14. The van der Waals surface area contributed by atoms with Crippen molar-refractivity contribution in [2.24, 2.45) is 0 Å². The number of halogens is 1. The highest BCUT2D eigenvalue weighted by Gasteiger charge is 2.21. The first-order chi connectivity index (χ1) is 12.5. The van der Waals surface area contributed by atoms with Gasteiger partial charge < -0.3 is 5.32 Å². The molecule has 0 unspecified atom stereocenters. The van der Waals surface area contributed by atoms with Gasteiger partial charge in [-0.2, -0.15) is 9.47 Å². The number of nitrogens with zero attached hydrogens (tertiary/aromatic N) is 3. The summed E-state index contributed by atoms with van der Waals surface area (Å²) in [6.45, 7) is 2.58. The van der Waals surface area contributed by atoms with E-state index in [2.05, 4.69) is 14.8 Å². The zero-order chi connectivity index (χ0) is 18.7. The van der Waals surface area contributed by atoms with Crippen LogP contribution in [0.1, 0.15) is 21.6 Å². The summed E-state index contributed by atoms with van der Waals surface area (Å²) >= 11 is 10.3. The number of benzene rings is 1. The first-order valence-electron chi connectivity index (χ1n) is 7.69. The Morgan fingerprint density at radius 1 is 1.27 bits per heavy atom. The van der Waals surface area contributed by atoms with E-state index in [0.29, 0.717) is 22.9 Å². The van der Waals surface area contributed by atoms with Crippen LogP contribution in [-0.2, 0) is 6.54 Å². The molecule has 0 saturated heterocycles. The number of amides is 1. The number of thioether (sulfide) groups is 2. The lowest BCUT2D eigenvalue weighted by atomic mass is 10.2. The number of hydrogen-bond donors (Lipinski definition) is 1. The van der Waals surface area contributed by atoms with Gasteiger partial charge in [0.25, 0.3) is 5.91 Å². The number of hydrogen-bond acceptors (Lipinski definition) is 6. The Kier molecular flexibility index (Phi) is 6.29. The van der Waals surface area contributed by atoms with E-state index in [-0.39, 0.29) is 5.91 Å². The monoisotopic (exact) mass is 424 g/mol. The summed E-state index contributed by atoms with van der Waals surface area (Å²) in [6.07, 6.45) is 3.86. The largest absolute Gasteiger partial charge is 0.305 e. The van der Waals surface area contributed by atoms with Crippen LogP contribution in [0, 0.1) is 6.92 Å². The molecule has 1 aromatic carbocycles. The Labute approximate surface area is 169 Å². The third kappa shape index (κ3) is 4.25. The Morgan fingerprint density at radius 2 is 2.00 bits per heavy atom. The summed E-state index contributed by atoms with van der Waals surface area (Å²) in [5, 5.41) is 8.86. The van der Waals surface area contributed by atoms with Crippen molar-refractivity contribution in [2.45, 2.75) is 22.7 Å². The smallest absolute Gasteiger partial charge is 0.261 e. The molecule has 3 aromatic rings. The maximum absolute atomic E-state index is 12.7. The second-order valence-electron chi connectivity index (χ2n) is 5.47. The molecule has 0 fully saturated rings. The van der Waals surface area contributed by atoms with Crippen LogP contribution >= 0.6 is 46.7 Å². The molecule has 0 saturated carbocycles. The fourth-order valence-electron chi connectivity index (χ4n) is 2.40. The quantitative estimate of drug-likeness (QED) is 0.561. The summed E-state index contributed by atoms with van der Waals surface area (Å²) in [7, 11) is 0. The van der Waals surface area contributed by atoms with Gasteiger partial charge in [-0.3, -0.25) is 9.48 Å². The molecule has 5 nitrogen and oxygen atoms in total. The highest BCUT2D eigenvalue weighted by Crippen LogP contribution is 2.33. The van der Waals surface area contributed by atoms with Gasteiger partial charge >= 0.3 is 0 Å². The number of carbonyl (C=O) groups is 1. The molecule has 2 heterocycles. The molecule has 26 heavy (non-hydrogen) atoms. The third-order valence-corrected chi connectivity index (χ3v) is 6.70. The van der Waals surface area contributed by atoms with Gasteiger partial charge in [0.15, 0.2) is 5.82 Å². The van der Waals surface area contributed by atoms with E-state index in [9.17, 15) is 4.79 Å². The van der Waals surface area contributed by atoms with Gasteiger partial charge in [-0.25, -0.2) is 0 Å². The summed E-state index contributed by atoms with van der Waals surface area (Å²) in [5.74, 6) is 0.357. The molecule has 0 atom stereocenters. The second-order valence-corrected chi connectivity index (χ2v) is 8.55. The molecule has 0 bridgehead atoms. The maximum Gasteiger partial charge on any atom is 0.261 e. The van der Waals surface area contributed by atoms with Gasteiger partial charge in [-0.15, -0.1) is 23.5 Å². The summed E-state index contributed by atoms with van der Waals surface area (Å²) < 4.78 is 7.10. The van der Waals surface area contributed by atoms with Crippen LogP contribution in [-0.4, -0.2) is 32.6 Å². The SMILES string of the molecule is CSc1nsc(SC)c1C(=O)Nc1cc(C)n(Cc2ccc(Cl)cc2)n1. The average Bonchev–Trinajstić information content (AvgIpc) is 3.20. The first-order valence-corrected chi connectivity index (χ1v) is 11.3. The number of aromatic nitrogens is 3. The van der Waals surface area contributed by atoms with Crippen molar-refractivity contribution in [1.82, 2.24) is 14.2 Å². The summed E-state index contributed by atoms with van der Waals surface area (Å²) in [5.41, 5.74) is 2.68. The number of aryl methyl sites for hydroxylation is 1. The molecular formula is C17H17ClN4OS3. The minimum Gasteiger partial charge on any atom is -0.305 e. The van der Waals surface area contributed by atoms with Crippen LogP contribution in [0.25, 0.3) is 0 Å². The van der Waals surface area contributed by atoms with E-state index in [0.717, 1.165) is 20.5 Å². The number of anilines is 1. The fraction of sp³-hybridized carbons (Fsp3) is 0.235. The topological polar surface area (TPSA) is 59.8 Å².